The minimum absolute atomic E-state index is 0.730. The molecule has 0 bridgehead atoms. The first-order valence-electron chi connectivity index (χ1n) is 6.00. The number of hydrogen-bond donors (Lipinski definition) is 1. The SMILES string of the molecule is CCCNC1CCC(C(C)COC)C1. The van der Waals surface area contributed by atoms with E-state index in [2.05, 4.69) is 19.2 Å². The molecule has 3 atom stereocenters. The molecule has 0 aliphatic heterocycles. The lowest BCUT2D eigenvalue weighted by Gasteiger charge is -2.18. The van der Waals surface area contributed by atoms with Crippen LogP contribution in [0.4, 0.5) is 0 Å². The molecule has 0 spiro atoms. The standard InChI is InChI=1S/C12H25NO/c1-4-7-13-12-6-5-11(8-12)10(2)9-14-3/h10-13H,4-9H2,1-3H3. The van der Waals surface area contributed by atoms with Gasteiger partial charge in [-0.1, -0.05) is 13.8 Å². The van der Waals surface area contributed by atoms with E-state index in [1.807, 2.05) is 0 Å². The van der Waals surface area contributed by atoms with Crippen molar-refractivity contribution in [3.05, 3.63) is 0 Å². The highest BCUT2D eigenvalue weighted by Gasteiger charge is 2.27. The van der Waals surface area contributed by atoms with Crippen LogP contribution in [0.1, 0.15) is 39.5 Å². The Morgan fingerprint density at radius 2 is 2.21 bits per heavy atom. The van der Waals surface area contributed by atoms with Crippen molar-refractivity contribution in [3.63, 3.8) is 0 Å². The maximum atomic E-state index is 5.21. The molecule has 3 unspecified atom stereocenters. The van der Waals surface area contributed by atoms with Crippen molar-refractivity contribution in [2.45, 2.75) is 45.6 Å². The first-order valence-corrected chi connectivity index (χ1v) is 6.00. The summed E-state index contributed by atoms with van der Waals surface area (Å²) in [5.74, 6) is 1.61. The summed E-state index contributed by atoms with van der Waals surface area (Å²) in [6.45, 7) is 6.64. The Kier molecular flexibility index (Phi) is 5.49. The third-order valence-electron chi connectivity index (χ3n) is 3.39. The lowest BCUT2D eigenvalue weighted by Crippen LogP contribution is -2.27. The first kappa shape index (κ1) is 12.0. The minimum atomic E-state index is 0.730. The maximum absolute atomic E-state index is 5.21. The second kappa shape index (κ2) is 6.41. The summed E-state index contributed by atoms with van der Waals surface area (Å²) in [6, 6.07) is 0.777. The van der Waals surface area contributed by atoms with Crippen LogP contribution in [0.15, 0.2) is 0 Å². The Bertz CT molecular complexity index is 149. The Hall–Kier alpha value is -0.0800. The van der Waals surface area contributed by atoms with Gasteiger partial charge in [-0.25, -0.2) is 0 Å². The summed E-state index contributed by atoms with van der Waals surface area (Å²) in [7, 11) is 1.80. The summed E-state index contributed by atoms with van der Waals surface area (Å²) in [6.07, 6.45) is 5.34. The molecule has 0 aromatic heterocycles. The Labute approximate surface area is 88.4 Å². The van der Waals surface area contributed by atoms with Gasteiger partial charge in [-0.3, -0.25) is 0 Å². The predicted molar refractivity (Wildman–Crippen MR) is 60.5 cm³/mol. The third-order valence-corrected chi connectivity index (χ3v) is 3.39. The average molecular weight is 199 g/mol. The van der Waals surface area contributed by atoms with Gasteiger partial charge in [0.2, 0.25) is 0 Å². The molecule has 2 nitrogen and oxygen atoms in total. The molecule has 84 valence electrons. The smallest absolute Gasteiger partial charge is 0.0490 e. The molecule has 1 N–H and O–H groups in total. The van der Waals surface area contributed by atoms with Crippen molar-refractivity contribution in [2.75, 3.05) is 20.3 Å². The van der Waals surface area contributed by atoms with Gasteiger partial charge in [-0.15, -0.1) is 0 Å². The summed E-state index contributed by atoms with van der Waals surface area (Å²) in [5, 5.41) is 3.62. The van der Waals surface area contributed by atoms with Gasteiger partial charge in [-0.05, 0) is 44.1 Å². The van der Waals surface area contributed by atoms with Gasteiger partial charge in [0, 0.05) is 19.8 Å². The van der Waals surface area contributed by atoms with Gasteiger partial charge in [0.15, 0.2) is 0 Å². The fourth-order valence-corrected chi connectivity index (χ4v) is 2.47. The van der Waals surface area contributed by atoms with E-state index in [-0.39, 0.29) is 0 Å². The van der Waals surface area contributed by atoms with E-state index in [0.717, 1.165) is 24.5 Å². The largest absolute Gasteiger partial charge is 0.384 e. The van der Waals surface area contributed by atoms with Gasteiger partial charge in [0.05, 0.1) is 0 Å². The minimum Gasteiger partial charge on any atom is -0.384 e. The second-order valence-electron chi connectivity index (χ2n) is 4.66. The van der Waals surface area contributed by atoms with Crippen LogP contribution in [0.5, 0.6) is 0 Å². The van der Waals surface area contributed by atoms with E-state index in [9.17, 15) is 0 Å². The molecule has 0 aromatic carbocycles. The molecule has 0 saturated heterocycles. The van der Waals surface area contributed by atoms with Crippen LogP contribution < -0.4 is 5.32 Å². The molecule has 1 fully saturated rings. The van der Waals surface area contributed by atoms with Crippen LogP contribution in [0.2, 0.25) is 0 Å². The summed E-state index contributed by atoms with van der Waals surface area (Å²) in [4.78, 5) is 0. The highest BCUT2D eigenvalue weighted by atomic mass is 16.5. The third kappa shape index (κ3) is 3.58. The van der Waals surface area contributed by atoms with Crippen LogP contribution in [0.25, 0.3) is 0 Å². The predicted octanol–water partition coefficient (Wildman–Crippen LogP) is 2.44. The van der Waals surface area contributed by atoms with Crippen LogP contribution in [-0.2, 0) is 4.74 Å². The number of hydrogen-bond acceptors (Lipinski definition) is 2. The van der Waals surface area contributed by atoms with Crippen LogP contribution in [0.3, 0.4) is 0 Å². The van der Waals surface area contributed by atoms with Crippen LogP contribution in [0, 0.1) is 11.8 Å². The topological polar surface area (TPSA) is 21.3 Å². The van der Waals surface area contributed by atoms with Crippen molar-refractivity contribution in [1.29, 1.82) is 0 Å². The number of nitrogens with one attached hydrogen (secondary N) is 1. The summed E-state index contributed by atoms with van der Waals surface area (Å²) >= 11 is 0. The molecule has 0 radical (unpaired) electrons. The normalized spacial score (nSPS) is 29.4. The zero-order valence-corrected chi connectivity index (χ0v) is 9.88. The summed E-state index contributed by atoms with van der Waals surface area (Å²) < 4.78 is 5.21. The van der Waals surface area contributed by atoms with Crippen molar-refractivity contribution < 1.29 is 4.74 Å². The van der Waals surface area contributed by atoms with Gasteiger partial charge < -0.3 is 10.1 Å². The van der Waals surface area contributed by atoms with Crippen LogP contribution >= 0.6 is 0 Å². The number of ether oxygens (including phenoxy) is 1. The highest BCUT2D eigenvalue weighted by Crippen LogP contribution is 2.31. The van der Waals surface area contributed by atoms with Gasteiger partial charge in [0.1, 0.15) is 0 Å². The molecule has 0 heterocycles. The Morgan fingerprint density at radius 1 is 1.43 bits per heavy atom. The molecule has 2 heteroatoms. The molecule has 0 aromatic rings. The molecular formula is C12H25NO. The molecule has 1 saturated carbocycles. The molecular weight excluding hydrogens is 174 g/mol. The fraction of sp³-hybridized carbons (Fsp3) is 1.00. The maximum Gasteiger partial charge on any atom is 0.0490 e. The number of rotatable bonds is 6. The average Bonchev–Trinajstić information content (AvgIpc) is 2.63. The Balaban J connectivity index is 2.19. The monoisotopic (exact) mass is 199 g/mol. The lowest BCUT2D eigenvalue weighted by molar-refractivity contribution is 0.130. The van der Waals surface area contributed by atoms with E-state index >= 15 is 0 Å². The van der Waals surface area contributed by atoms with E-state index < -0.39 is 0 Å². The molecule has 14 heavy (non-hydrogen) atoms. The highest BCUT2D eigenvalue weighted by molar-refractivity contribution is 4.83. The van der Waals surface area contributed by atoms with E-state index in [1.165, 1.54) is 32.2 Å². The lowest BCUT2D eigenvalue weighted by atomic mass is 9.93. The molecule has 1 aliphatic carbocycles. The molecule has 0 amide bonds. The first-order chi connectivity index (χ1) is 6.77. The van der Waals surface area contributed by atoms with Crippen molar-refractivity contribution >= 4 is 0 Å². The molecule has 1 aliphatic rings. The van der Waals surface area contributed by atoms with Gasteiger partial charge in [0.25, 0.3) is 0 Å². The second-order valence-corrected chi connectivity index (χ2v) is 4.66. The van der Waals surface area contributed by atoms with E-state index in [0.29, 0.717) is 0 Å². The van der Waals surface area contributed by atoms with E-state index in [1.54, 1.807) is 7.11 Å². The van der Waals surface area contributed by atoms with Crippen molar-refractivity contribution in [1.82, 2.24) is 5.32 Å². The van der Waals surface area contributed by atoms with Gasteiger partial charge >= 0.3 is 0 Å². The van der Waals surface area contributed by atoms with Crippen LogP contribution in [-0.4, -0.2) is 26.3 Å². The van der Waals surface area contributed by atoms with Crippen molar-refractivity contribution in [3.8, 4) is 0 Å². The number of methoxy groups -OCH3 is 1. The quantitative estimate of drug-likeness (QED) is 0.709. The Morgan fingerprint density at radius 3 is 2.86 bits per heavy atom. The zero-order valence-electron chi connectivity index (χ0n) is 9.88. The zero-order chi connectivity index (χ0) is 10.4. The van der Waals surface area contributed by atoms with Gasteiger partial charge in [-0.2, -0.15) is 0 Å². The fourth-order valence-electron chi connectivity index (χ4n) is 2.47. The molecule has 1 rings (SSSR count). The summed E-state index contributed by atoms with van der Waals surface area (Å²) in [5.41, 5.74) is 0. The van der Waals surface area contributed by atoms with Crippen molar-refractivity contribution in [2.24, 2.45) is 11.8 Å². The van der Waals surface area contributed by atoms with E-state index in [4.69, 9.17) is 4.74 Å².